The maximum absolute atomic E-state index is 7.49. The molecule has 0 saturated heterocycles. The fourth-order valence-electron chi connectivity index (χ4n) is 0.0239. The Morgan fingerprint density at radius 2 is 2.60 bits per heavy atom. The third-order valence-corrected chi connectivity index (χ3v) is 1.16. The van der Waals surface area contributed by atoms with Crippen molar-refractivity contribution in [2.75, 3.05) is 0 Å². The molecule has 0 unspecified atom stereocenters. The van der Waals surface area contributed by atoms with Crippen LogP contribution < -0.4 is 0 Å². The first-order chi connectivity index (χ1) is 2.41. The van der Waals surface area contributed by atoms with Crippen LogP contribution in [0.25, 0.3) is 10.4 Å². The second kappa shape index (κ2) is 4.24. The molecular formula is HClGaN3. The van der Waals surface area contributed by atoms with Crippen LogP contribution in [0.5, 0.6) is 0 Å². The monoisotopic (exact) mass is 147 g/mol. The Morgan fingerprint density at radius 3 is 2.60 bits per heavy atom. The molecule has 0 bridgehead atoms. The van der Waals surface area contributed by atoms with Crippen molar-refractivity contribution >= 4 is 26.3 Å². The van der Waals surface area contributed by atoms with Crippen LogP contribution >= 0.6 is 9.64 Å². The number of hydrogen-bond acceptors (Lipinski definition) is 1. The molecule has 0 aromatic carbocycles. The van der Waals surface area contributed by atoms with Crippen molar-refractivity contribution in [1.82, 2.24) is 0 Å². The summed E-state index contributed by atoms with van der Waals surface area (Å²) >= 11 is -1.23. The van der Waals surface area contributed by atoms with Gasteiger partial charge in [0.15, 0.2) is 0 Å². The molecule has 0 aliphatic heterocycles. The van der Waals surface area contributed by atoms with Crippen LogP contribution in [-0.4, -0.2) is 16.6 Å². The summed E-state index contributed by atoms with van der Waals surface area (Å²) in [5.74, 6) is 0. The van der Waals surface area contributed by atoms with Crippen molar-refractivity contribution in [2.24, 2.45) is 3.82 Å². The molecule has 26 valence electrons. The third-order valence-electron chi connectivity index (χ3n) is 0.117. The van der Waals surface area contributed by atoms with E-state index in [2.05, 4.69) is 8.73 Å². The Hall–Kier alpha value is 0.236. The van der Waals surface area contributed by atoms with Gasteiger partial charge in [-0.2, -0.15) is 0 Å². The van der Waals surface area contributed by atoms with Crippen molar-refractivity contribution in [3.8, 4) is 0 Å². The summed E-state index contributed by atoms with van der Waals surface area (Å²) in [5.41, 5.74) is 7.49. The molecule has 5 heavy (non-hydrogen) atoms. The Kier molecular flexibility index (Phi) is 4.44. The van der Waals surface area contributed by atoms with E-state index in [0.29, 0.717) is 0 Å². The normalized spacial score (nSPS) is 5.00. The van der Waals surface area contributed by atoms with E-state index >= 15 is 0 Å². The first-order valence-corrected chi connectivity index (χ1v) is 6.21. The van der Waals surface area contributed by atoms with Crippen molar-refractivity contribution in [2.45, 2.75) is 0 Å². The summed E-state index contributed by atoms with van der Waals surface area (Å²) in [5, 5.41) is 0. The topological polar surface area (TPSA) is 48.8 Å². The van der Waals surface area contributed by atoms with Crippen LogP contribution in [-0.2, 0) is 0 Å². The molecular weight excluding hydrogens is 147 g/mol. The van der Waals surface area contributed by atoms with Gasteiger partial charge in [-0.15, -0.1) is 0 Å². The van der Waals surface area contributed by atoms with E-state index in [1.807, 2.05) is 0 Å². The van der Waals surface area contributed by atoms with Crippen molar-refractivity contribution in [1.29, 1.82) is 0 Å². The van der Waals surface area contributed by atoms with E-state index in [9.17, 15) is 0 Å². The molecule has 0 aromatic rings. The van der Waals surface area contributed by atoms with Gasteiger partial charge in [0.1, 0.15) is 0 Å². The van der Waals surface area contributed by atoms with Crippen molar-refractivity contribution < 1.29 is 0 Å². The van der Waals surface area contributed by atoms with Gasteiger partial charge >= 0.3 is 40.6 Å². The predicted octanol–water partition coefficient (Wildman–Crippen LogP) is 0.802. The molecule has 0 amide bonds. The van der Waals surface area contributed by atoms with Crippen LogP contribution in [0.3, 0.4) is 0 Å². The molecule has 0 aliphatic rings. The number of nitrogens with zero attached hydrogens (tertiary/aromatic N) is 3. The first kappa shape index (κ1) is 5.24. The molecule has 0 atom stereocenters. The molecule has 0 saturated carbocycles. The van der Waals surface area contributed by atoms with Gasteiger partial charge in [-0.25, -0.2) is 0 Å². The molecule has 0 aliphatic carbocycles. The summed E-state index contributed by atoms with van der Waals surface area (Å²) in [6.45, 7) is 0. The standard InChI is InChI=1S/ClH.Ga.N3.H/c;;1-3-2;/h1H;;;/q;+2;-1;/p-1. The van der Waals surface area contributed by atoms with Gasteiger partial charge in [-0.3, -0.25) is 0 Å². The average Bonchev–Trinajstić information content (AvgIpc) is 1.41. The second-order valence-corrected chi connectivity index (χ2v) is 2.69. The molecule has 0 aromatic heterocycles. The van der Waals surface area contributed by atoms with Gasteiger partial charge < -0.3 is 0 Å². The van der Waals surface area contributed by atoms with E-state index < -0.39 is 16.6 Å². The van der Waals surface area contributed by atoms with Gasteiger partial charge in [0.25, 0.3) is 0 Å². The summed E-state index contributed by atoms with van der Waals surface area (Å²) in [4.78, 5) is 2.43. The Balaban J connectivity index is 2.93. The second-order valence-electron chi connectivity index (χ2n) is 0.350. The van der Waals surface area contributed by atoms with E-state index in [1.165, 1.54) is 0 Å². The number of rotatable bonds is 1. The minimum absolute atomic E-state index is 1.23. The average molecular weight is 148 g/mol. The Bertz CT molecular complexity index is 53.9. The molecule has 0 rings (SSSR count). The quantitative estimate of drug-likeness (QED) is 0.228. The van der Waals surface area contributed by atoms with Crippen LogP contribution in [0.4, 0.5) is 0 Å². The van der Waals surface area contributed by atoms with Crippen LogP contribution in [0.1, 0.15) is 0 Å². The van der Waals surface area contributed by atoms with Crippen LogP contribution in [0.15, 0.2) is 3.82 Å². The van der Waals surface area contributed by atoms with Gasteiger partial charge in [0.2, 0.25) is 0 Å². The molecule has 0 heterocycles. The maximum atomic E-state index is 7.49. The van der Waals surface area contributed by atoms with E-state index in [1.54, 1.807) is 0 Å². The van der Waals surface area contributed by atoms with Gasteiger partial charge in [-0.1, -0.05) is 0 Å². The number of halogens is 1. The van der Waals surface area contributed by atoms with Crippen LogP contribution in [0, 0.1) is 0 Å². The van der Waals surface area contributed by atoms with E-state index in [-0.39, 0.29) is 0 Å². The Labute approximate surface area is 41.0 Å². The summed E-state index contributed by atoms with van der Waals surface area (Å²) in [6.07, 6.45) is 0. The third kappa shape index (κ3) is 4.24. The molecule has 0 fully saturated rings. The van der Waals surface area contributed by atoms with E-state index in [0.717, 1.165) is 0 Å². The molecule has 0 radical (unpaired) electrons. The van der Waals surface area contributed by atoms with E-state index in [4.69, 9.17) is 15.2 Å². The van der Waals surface area contributed by atoms with Gasteiger partial charge in [0, 0.05) is 0 Å². The zero-order chi connectivity index (χ0) is 4.12. The Morgan fingerprint density at radius 1 is 2.00 bits per heavy atom. The van der Waals surface area contributed by atoms with Gasteiger partial charge in [0.05, 0.1) is 0 Å². The fourth-order valence-corrected chi connectivity index (χ4v) is 0.373. The summed E-state index contributed by atoms with van der Waals surface area (Å²) < 4.78 is 3.11. The minimum atomic E-state index is -1.23. The molecule has 3 nitrogen and oxygen atoms in total. The number of hydrogen-bond donors (Lipinski definition) is 0. The van der Waals surface area contributed by atoms with Crippen molar-refractivity contribution in [3.05, 3.63) is 10.4 Å². The number of azide groups is 1. The predicted molar refractivity (Wildman–Crippen MR) is 22.1 cm³/mol. The molecule has 5 heteroatoms. The zero-order valence-electron chi connectivity index (χ0n) is 2.43. The van der Waals surface area contributed by atoms with Crippen molar-refractivity contribution in [3.63, 3.8) is 0 Å². The molecule has 0 N–H and O–H groups in total. The summed E-state index contributed by atoms with van der Waals surface area (Å²) in [6, 6.07) is 0. The van der Waals surface area contributed by atoms with Gasteiger partial charge in [-0.05, 0) is 0 Å². The molecule has 0 spiro atoms. The van der Waals surface area contributed by atoms with Crippen LogP contribution in [0.2, 0.25) is 0 Å². The fraction of sp³-hybridized carbons (Fsp3) is 0. The summed E-state index contributed by atoms with van der Waals surface area (Å²) in [7, 11) is 5.07. The first-order valence-electron chi connectivity index (χ1n) is 0.983. The zero-order valence-corrected chi connectivity index (χ0v) is 6.15. The SMILES string of the molecule is [N-]=[N+]=[N][GaH][Cl].